The van der Waals surface area contributed by atoms with Crippen LogP contribution in [0.4, 0.5) is 0 Å². The average molecular weight is 293 g/mol. The molecule has 2 aliphatic carbocycles. The first-order valence-electron chi connectivity index (χ1n) is 6.53. The monoisotopic (exact) mass is 292 g/mol. The zero-order valence-electron chi connectivity index (χ0n) is 11.4. The summed E-state index contributed by atoms with van der Waals surface area (Å²) in [5, 5.41) is 3.09. The average Bonchev–Trinajstić information content (AvgIpc) is 2.86. The molecule has 0 radical (unpaired) electrons. The van der Waals surface area contributed by atoms with Gasteiger partial charge >= 0.3 is 0 Å². The Morgan fingerprint density at radius 3 is 2.50 bits per heavy atom. The van der Waals surface area contributed by atoms with Crippen molar-refractivity contribution in [3.63, 3.8) is 0 Å². The Balaban J connectivity index is 0.00000162. The molecule has 0 aliphatic heterocycles. The van der Waals surface area contributed by atoms with Gasteiger partial charge < -0.3 is 11.1 Å². The van der Waals surface area contributed by atoms with Crippen molar-refractivity contribution in [3.8, 4) is 0 Å². The van der Waals surface area contributed by atoms with Crippen molar-refractivity contribution in [2.45, 2.75) is 43.9 Å². The fourth-order valence-electron chi connectivity index (χ4n) is 3.21. The smallest absolute Gasteiger partial charge is 0.225 e. The summed E-state index contributed by atoms with van der Waals surface area (Å²) in [7, 11) is 0. The van der Waals surface area contributed by atoms with Crippen LogP contribution in [0.5, 0.6) is 0 Å². The van der Waals surface area contributed by atoms with Crippen LogP contribution in [0.1, 0.15) is 33.1 Å². The maximum atomic E-state index is 12.2. The summed E-state index contributed by atoms with van der Waals surface area (Å²) in [5.41, 5.74) is 6.17. The maximum Gasteiger partial charge on any atom is 0.225 e. The molecule has 0 aromatic rings. The number of nitrogens with two attached hydrogens (primary N) is 1. The van der Waals surface area contributed by atoms with Crippen molar-refractivity contribution < 1.29 is 4.79 Å². The molecule has 18 heavy (non-hydrogen) atoms. The Bertz CT molecular complexity index is 309. The van der Waals surface area contributed by atoms with Gasteiger partial charge in [-0.05, 0) is 51.2 Å². The quantitative estimate of drug-likeness (QED) is 0.834. The first-order valence-corrected chi connectivity index (χ1v) is 7.75. The topological polar surface area (TPSA) is 55.1 Å². The molecule has 2 rings (SSSR count). The first kappa shape index (κ1) is 16.1. The fourth-order valence-corrected chi connectivity index (χ4v) is 3.43. The fraction of sp³-hybridized carbons (Fsp3) is 0.923. The van der Waals surface area contributed by atoms with Gasteiger partial charge in [-0.15, -0.1) is 12.4 Å². The van der Waals surface area contributed by atoms with Gasteiger partial charge in [0.15, 0.2) is 0 Å². The number of carbonyl (C=O) groups is 1. The van der Waals surface area contributed by atoms with Crippen molar-refractivity contribution in [1.82, 2.24) is 5.32 Å². The predicted molar refractivity (Wildman–Crippen MR) is 80.1 cm³/mol. The number of hydrogen-bond donors (Lipinski definition) is 2. The third-order valence-corrected chi connectivity index (χ3v) is 5.77. The van der Waals surface area contributed by atoms with Crippen molar-refractivity contribution in [3.05, 3.63) is 0 Å². The molecule has 4 atom stereocenters. The van der Waals surface area contributed by atoms with Crippen molar-refractivity contribution in [1.29, 1.82) is 0 Å². The molecular weight excluding hydrogens is 268 g/mol. The van der Waals surface area contributed by atoms with Crippen LogP contribution in [0.15, 0.2) is 0 Å². The number of thioether (sulfide) groups is 1. The second kappa shape index (κ2) is 6.02. The van der Waals surface area contributed by atoms with Crippen LogP contribution in [0, 0.1) is 17.8 Å². The number of carbonyl (C=O) groups excluding carboxylic acids is 1. The molecule has 0 spiro atoms. The third-order valence-electron chi connectivity index (χ3n) is 4.52. The second-order valence-corrected chi connectivity index (χ2v) is 7.63. The molecule has 3 nitrogen and oxygen atoms in total. The number of fused-ring (bicyclic) bond motifs is 2. The molecule has 106 valence electrons. The summed E-state index contributed by atoms with van der Waals surface area (Å²) in [5.74, 6) is 1.41. The molecule has 3 N–H and O–H groups in total. The predicted octanol–water partition coefficient (Wildman–Crippen LogP) is 2.04. The van der Waals surface area contributed by atoms with Gasteiger partial charge in [0.25, 0.3) is 0 Å². The highest BCUT2D eigenvalue weighted by Gasteiger charge is 2.49. The highest BCUT2D eigenvalue weighted by molar-refractivity contribution is 7.99. The molecule has 5 heteroatoms. The molecule has 0 aromatic carbocycles. The van der Waals surface area contributed by atoms with Gasteiger partial charge in [0.1, 0.15) is 0 Å². The van der Waals surface area contributed by atoms with E-state index < -0.39 is 0 Å². The Hall–Kier alpha value is 0.0700. The second-order valence-electron chi connectivity index (χ2n) is 6.12. The maximum absolute atomic E-state index is 12.2. The molecule has 2 aliphatic rings. The Kier molecular flexibility index (Phi) is 5.39. The van der Waals surface area contributed by atoms with E-state index in [0.717, 1.165) is 6.54 Å². The van der Waals surface area contributed by atoms with Gasteiger partial charge in [-0.25, -0.2) is 0 Å². The van der Waals surface area contributed by atoms with Crippen LogP contribution in [0.2, 0.25) is 0 Å². The minimum atomic E-state index is 0. The lowest BCUT2D eigenvalue weighted by atomic mass is 9.84. The Labute approximate surface area is 120 Å². The van der Waals surface area contributed by atoms with E-state index in [1.165, 1.54) is 19.3 Å². The highest BCUT2D eigenvalue weighted by atomic mass is 35.5. The highest BCUT2D eigenvalue weighted by Crippen LogP contribution is 2.47. The molecule has 0 saturated heterocycles. The molecule has 1 amide bonds. The van der Waals surface area contributed by atoms with E-state index in [-0.39, 0.29) is 35.0 Å². The van der Waals surface area contributed by atoms with E-state index in [9.17, 15) is 4.79 Å². The minimum Gasteiger partial charge on any atom is -0.354 e. The summed E-state index contributed by atoms with van der Waals surface area (Å²) in [6.07, 6.45) is 5.68. The van der Waals surface area contributed by atoms with Gasteiger partial charge in [0.05, 0.1) is 5.92 Å². The molecule has 2 saturated carbocycles. The van der Waals surface area contributed by atoms with Crippen LogP contribution in [0.25, 0.3) is 0 Å². The SMILES string of the molecule is CSC(C)(C)CNC(=O)C1C2CCC(C2)C1N.Cl. The summed E-state index contributed by atoms with van der Waals surface area (Å²) < 4.78 is 0.109. The zero-order chi connectivity index (χ0) is 12.6. The largest absolute Gasteiger partial charge is 0.354 e. The third kappa shape index (κ3) is 3.14. The molecule has 2 fully saturated rings. The first-order chi connectivity index (χ1) is 7.94. The number of halogens is 1. The summed E-state index contributed by atoms with van der Waals surface area (Å²) >= 11 is 1.78. The molecule has 2 bridgehead atoms. The molecule has 0 aromatic heterocycles. The van der Waals surface area contributed by atoms with E-state index in [0.29, 0.717) is 11.8 Å². The molecule has 0 heterocycles. The Morgan fingerprint density at radius 2 is 2.00 bits per heavy atom. The van der Waals surface area contributed by atoms with E-state index in [4.69, 9.17) is 5.73 Å². The van der Waals surface area contributed by atoms with E-state index in [1.807, 2.05) is 0 Å². The van der Waals surface area contributed by atoms with Crippen LogP contribution in [-0.4, -0.2) is 29.5 Å². The van der Waals surface area contributed by atoms with Gasteiger partial charge in [0, 0.05) is 17.3 Å². The molecule has 4 unspecified atom stereocenters. The molecular formula is C13H25ClN2OS. The van der Waals surface area contributed by atoms with Gasteiger partial charge in [-0.3, -0.25) is 4.79 Å². The van der Waals surface area contributed by atoms with Crippen LogP contribution >= 0.6 is 24.2 Å². The lowest BCUT2D eigenvalue weighted by Crippen LogP contribution is -2.47. The van der Waals surface area contributed by atoms with E-state index in [1.54, 1.807) is 11.8 Å². The summed E-state index contributed by atoms with van der Waals surface area (Å²) in [6, 6.07) is 0.103. The van der Waals surface area contributed by atoms with Crippen LogP contribution in [0.3, 0.4) is 0 Å². The van der Waals surface area contributed by atoms with Crippen molar-refractivity contribution in [2.75, 3.05) is 12.8 Å². The number of rotatable bonds is 4. The Morgan fingerprint density at radius 1 is 1.39 bits per heavy atom. The van der Waals surface area contributed by atoms with E-state index in [2.05, 4.69) is 25.4 Å². The number of amides is 1. The standard InChI is InChI=1S/C13H24N2OS.ClH/c1-13(2,17-3)7-15-12(16)10-8-4-5-9(6-8)11(10)14;/h8-11H,4-7,14H2,1-3H3,(H,15,16);1H. The summed E-state index contributed by atoms with van der Waals surface area (Å²) in [4.78, 5) is 12.2. The van der Waals surface area contributed by atoms with Gasteiger partial charge in [0.2, 0.25) is 5.91 Å². The number of hydrogen-bond acceptors (Lipinski definition) is 3. The van der Waals surface area contributed by atoms with Crippen LogP contribution in [-0.2, 0) is 4.79 Å². The summed E-state index contributed by atoms with van der Waals surface area (Å²) in [6.45, 7) is 5.03. The normalized spacial score (nSPS) is 34.2. The number of nitrogens with one attached hydrogen (secondary N) is 1. The lowest BCUT2D eigenvalue weighted by molar-refractivity contribution is -0.127. The zero-order valence-corrected chi connectivity index (χ0v) is 13.1. The van der Waals surface area contributed by atoms with Gasteiger partial charge in [-0.2, -0.15) is 11.8 Å². The minimum absolute atomic E-state index is 0. The lowest BCUT2D eigenvalue weighted by Gasteiger charge is -2.29. The van der Waals surface area contributed by atoms with Crippen LogP contribution < -0.4 is 11.1 Å². The van der Waals surface area contributed by atoms with Gasteiger partial charge in [-0.1, -0.05) is 0 Å². The van der Waals surface area contributed by atoms with Crippen molar-refractivity contribution in [2.24, 2.45) is 23.5 Å². The van der Waals surface area contributed by atoms with Crippen molar-refractivity contribution >= 4 is 30.1 Å². The van der Waals surface area contributed by atoms with E-state index >= 15 is 0 Å².